The molecule has 26 heavy (non-hydrogen) atoms. The minimum absolute atomic E-state index is 0.0630. The van der Waals surface area contributed by atoms with Crippen LogP contribution in [0.4, 0.5) is 13.2 Å². The topological polar surface area (TPSA) is 20.2 Å². The lowest BCUT2D eigenvalue weighted by atomic mass is 10.1. The van der Waals surface area contributed by atoms with Crippen molar-refractivity contribution in [2.45, 2.75) is 24.3 Å². The first-order chi connectivity index (χ1) is 12.5. The van der Waals surface area contributed by atoms with Crippen LogP contribution in [0.5, 0.6) is 0 Å². The van der Waals surface area contributed by atoms with Crippen LogP contribution in [0, 0.1) is 0 Å². The van der Waals surface area contributed by atoms with Crippen molar-refractivity contribution < 1.29 is 18.3 Å². The van der Waals surface area contributed by atoms with E-state index in [-0.39, 0.29) is 6.61 Å². The Morgan fingerprint density at radius 2 is 1.62 bits per heavy atom. The molecule has 3 rings (SSSR count). The zero-order valence-electron chi connectivity index (χ0n) is 13.8. The van der Waals surface area contributed by atoms with Crippen molar-refractivity contribution in [3.8, 4) is 10.4 Å². The predicted octanol–water partition coefficient (Wildman–Crippen LogP) is 6.36. The molecule has 1 N–H and O–H groups in total. The zero-order valence-corrected chi connectivity index (χ0v) is 15.4. The van der Waals surface area contributed by atoms with Gasteiger partial charge in [-0.3, -0.25) is 0 Å². The summed E-state index contributed by atoms with van der Waals surface area (Å²) in [6.07, 6.45) is -4.33. The van der Waals surface area contributed by atoms with Crippen LogP contribution in [0.1, 0.15) is 21.6 Å². The highest BCUT2D eigenvalue weighted by molar-refractivity contribution is 7.97. The molecule has 0 aliphatic heterocycles. The maximum Gasteiger partial charge on any atom is 0.416 e. The second-order valence-corrected chi connectivity index (χ2v) is 7.89. The third-order valence-corrected chi connectivity index (χ3v) is 6.17. The van der Waals surface area contributed by atoms with Crippen LogP contribution < -0.4 is 0 Å². The summed E-state index contributed by atoms with van der Waals surface area (Å²) in [4.78, 5) is 1.73. The van der Waals surface area contributed by atoms with Gasteiger partial charge in [0, 0.05) is 21.3 Å². The number of hydrogen-bond acceptors (Lipinski definition) is 3. The van der Waals surface area contributed by atoms with Gasteiger partial charge >= 0.3 is 6.18 Å². The van der Waals surface area contributed by atoms with Gasteiger partial charge in [0.1, 0.15) is 0 Å². The molecule has 6 heteroatoms. The van der Waals surface area contributed by atoms with Gasteiger partial charge in [-0.15, -0.1) is 11.3 Å². The number of thiophene rings is 1. The van der Waals surface area contributed by atoms with Gasteiger partial charge in [0.05, 0.1) is 12.2 Å². The third-order valence-electron chi connectivity index (χ3n) is 3.91. The number of rotatable bonds is 6. The molecular formula is C20H17F3OS2. The molecule has 0 atom stereocenters. The molecule has 0 saturated heterocycles. The lowest BCUT2D eigenvalue weighted by molar-refractivity contribution is -0.137. The van der Waals surface area contributed by atoms with Crippen molar-refractivity contribution in [2.75, 3.05) is 0 Å². The van der Waals surface area contributed by atoms with Crippen molar-refractivity contribution in [1.82, 2.24) is 0 Å². The Labute approximate surface area is 158 Å². The molecule has 0 radical (unpaired) electrons. The average molecular weight is 394 g/mol. The fraction of sp³-hybridized carbons (Fsp3) is 0.200. The molecule has 2 aromatic carbocycles. The molecular weight excluding hydrogens is 377 g/mol. The van der Waals surface area contributed by atoms with E-state index in [0.29, 0.717) is 0 Å². The standard InChI is InChI=1S/C20H17F3OS2/c21-20(22,23)17-8-6-15(7-9-17)18-10-16(19(11-24)26-18)13-25-12-14-4-2-1-3-5-14/h1-10,24H,11-13H2. The lowest BCUT2D eigenvalue weighted by Crippen LogP contribution is -2.03. The molecule has 0 amide bonds. The van der Waals surface area contributed by atoms with E-state index in [9.17, 15) is 18.3 Å². The monoisotopic (exact) mass is 394 g/mol. The molecule has 0 unspecified atom stereocenters. The van der Waals surface area contributed by atoms with Gasteiger partial charge in [0.25, 0.3) is 0 Å². The molecule has 0 fully saturated rings. The molecule has 0 bridgehead atoms. The van der Waals surface area contributed by atoms with Gasteiger partial charge < -0.3 is 5.11 Å². The molecule has 0 aliphatic carbocycles. The number of alkyl halides is 3. The van der Waals surface area contributed by atoms with Crippen molar-refractivity contribution >= 4 is 23.1 Å². The highest BCUT2D eigenvalue weighted by Gasteiger charge is 2.30. The van der Waals surface area contributed by atoms with Crippen LogP contribution in [0.25, 0.3) is 10.4 Å². The van der Waals surface area contributed by atoms with E-state index >= 15 is 0 Å². The van der Waals surface area contributed by atoms with Gasteiger partial charge in [-0.05, 0) is 34.9 Å². The second kappa shape index (κ2) is 8.29. The number of aliphatic hydroxyl groups is 1. The second-order valence-electron chi connectivity index (χ2n) is 5.77. The van der Waals surface area contributed by atoms with Crippen molar-refractivity contribution in [3.05, 3.63) is 82.2 Å². The summed E-state index contributed by atoms with van der Waals surface area (Å²) in [5, 5.41) is 9.60. The van der Waals surface area contributed by atoms with Gasteiger partial charge in [0.15, 0.2) is 0 Å². The molecule has 136 valence electrons. The number of halogens is 3. The maximum atomic E-state index is 12.7. The van der Waals surface area contributed by atoms with E-state index in [1.807, 2.05) is 24.3 Å². The van der Waals surface area contributed by atoms with Crippen LogP contribution in [0.3, 0.4) is 0 Å². The summed E-state index contributed by atoms with van der Waals surface area (Å²) >= 11 is 3.18. The third kappa shape index (κ3) is 4.69. The van der Waals surface area contributed by atoms with Crippen LogP contribution in [-0.4, -0.2) is 5.11 Å². The highest BCUT2D eigenvalue weighted by Crippen LogP contribution is 2.36. The van der Waals surface area contributed by atoms with E-state index in [0.717, 1.165) is 44.5 Å². The Kier molecular flexibility index (Phi) is 6.06. The summed E-state index contributed by atoms with van der Waals surface area (Å²) in [6.45, 7) is -0.0630. The van der Waals surface area contributed by atoms with Crippen molar-refractivity contribution in [1.29, 1.82) is 0 Å². The minimum atomic E-state index is -4.33. The lowest BCUT2D eigenvalue weighted by Gasteiger charge is -2.06. The number of benzene rings is 2. The highest BCUT2D eigenvalue weighted by atomic mass is 32.2. The van der Waals surface area contributed by atoms with Crippen molar-refractivity contribution in [2.24, 2.45) is 0 Å². The summed E-state index contributed by atoms with van der Waals surface area (Å²) in [5.41, 5.74) is 2.35. The van der Waals surface area contributed by atoms with E-state index in [1.165, 1.54) is 29.0 Å². The molecule has 1 nitrogen and oxygen atoms in total. The van der Waals surface area contributed by atoms with Gasteiger partial charge in [-0.1, -0.05) is 42.5 Å². The minimum Gasteiger partial charge on any atom is -0.391 e. The largest absolute Gasteiger partial charge is 0.416 e. The van der Waals surface area contributed by atoms with E-state index in [1.54, 1.807) is 11.8 Å². The number of aliphatic hydroxyl groups excluding tert-OH is 1. The zero-order chi connectivity index (χ0) is 18.6. The molecule has 1 heterocycles. The molecule has 0 spiro atoms. The van der Waals surface area contributed by atoms with Crippen LogP contribution in [-0.2, 0) is 24.3 Å². The average Bonchev–Trinajstić information content (AvgIpc) is 3.05. The Morgan fingerprint density at radius 3 is 2.23 bits per heavy atom. The molecule has 3 aromatic rings. The first kappa shape index (κ1) is 19.0. The normalized spacial score (nSPS) is 11.7. The summed E-state index contributed by atoms with van der Waals surface area (Å²) < 4.78 is 38.1. The quantitative estimate of drug-likeness (QED) is 0.525. The summed E-state index contributed by atoms with van der Waals surface area (Å²) in [6, 6.07) is 17.2. The Balaban J connectivity index is 1.72. The fourth-order valence-corrected chi connectivity index (χ4v) is 4.69. The number of hydrogen-bond donors (Lipinski definition) is 1. The first-order valence-corrected chi connectivity index (χ1v) is 9.96. The predicted molar refractivity (Wildman–Crippen MR) is 102 cm³/mol. The fourth-order valence-electron chi connectivity index (χ4n) is 2.54. The van der Waals surface area contributed by atoms with Gasteiger partial charge in [0.2, 0.25) is 0 Å². The SMILES string of the molecule is OCc1sc(-c2ccc(C(F)(F)F)cc2)cc1CSCc1ccccc1. The van der Waals surface area contributed by atoms with Gasteiger partial charge in [-0.25, -0.2) is 0 Å². The van der Waals surface area contributed by atoms with E-state index in [4.69, 9.17) is 0 Å². The van der Waals surface area contributed by atoms with Crippen molar-refractivity contribution in [3.63, 3.8) is 0 Å². The first-order valence-electron chi connectivity index (χ1n) is 7.99. The smallest absolute Gasteiger partial charge is 0.391 e. The molecule has 0 saturated carbocycles. The van der Waals surface area contributed by atoms with Gasteiger partial charge in [-0.2, -0.15) is 24.9 Å². The number of thioether (sulfide) groups is 1. The van der Waals surface area contributed by atoms with Crippen LogP contribution in [0.2, 0.25) is 0 Å². The van der Waals surface area contributed by atoms with E-state index in [2.05, 4.69) is 12.1 Å². The molecule has 1 aromatic heterocycles. The Morgan fingerprint density at radius 1 is 0.923 bits per heavy atom. The van der Waals surface area contributed by atoms with Crippen LogP contribution in [0.15, 0.2) is 60.7 Å². The van der Waals surface area contributed by atoms with Crippen LogP contribution >= 0.6 is 23.1 Å². The summed E-state index contributed by atoms with van der Waals surface area (Å²) in [7, 11) is 0. The van der Waals surface area contributed by atoms with E-state index < -0.39 is 11.7 Å². The Bertz CT molecular complexity index is 840. The Hall–Kier alpha value is -1.76. The summed E-state index contributed by atoms with van der Waals surface area (Å²) in [5.74, 6) is 1.62. The molecule has 0 aliphatic rings. The maximum absolute atomic E-state index is 12.7.